The van der Waals surface area contributed by atoms with E-state index >= 15 is 4.39 Å². The molecule has 9 heteroatoms. The van der Waals surface area contributed by atoms with Crippen molar-refractivity contribution in [1.82, 2.24) is 25.0 Å². The maximum atomic E-state index is 15.0. The topological polar surface area (TPSA) is 77.1 Å². The normalized spacial score (nSPS) is 16.7. The lowest BCUT2D eigenvalue weighted by atomic mass is 9.99. The molecule has 4 heterocycles. The summed E-state index contributed by atoms with van der Waals surface area (Å²) in [6.07, 6.45) is 7.54. The summed E-state index contributed by atoms with van der Waals surface area (Å²) in [6, 6.07) is 11.8. The molecular formula is C30H32F2N6O. The zero-order chi connectivity index (χ0) is 26.8. The van der Waals surface area contributed by atoms with Crippen LogP contribution < -0.4 is 5.32 Å². The molecule has 0 unspecified atom stereocenters. The van der Waals surface area contributed by atoms with Gasteiger partial charge in [0.2, 0.25) is 0 Å². The highest BCUT2D eigenvalue weighted by Crippen LogP contribution is 2.31. The Bertz CT molecular complexity index is 1490. The largest absolute Gasteiger partial charge is 0.320 e. The van der Waals surface area contributed by atoms with Crippen molar-refractivity contribution in [2.24, 2.45) is 0 Å². The monoisotopic (exact) mass is 530 g/mol. The summed E-state index contributed by atoms with van der Waals surface area (Å²) in [5, 5.41) is 10.6. The number of amides is 1. The van der Waals surface area contributed by atoms with Crippen molar-refractivity contribution in [3.63, 3.8) is 0 Å². The molecule has 0 saturated carbocycles. The van der Waals surface area contributed by atoms with Gasteiger partial charge in [-0.1, -0.05) is 12.5 Å². The molecule has 2 fully saturated rings. The highest BCUT2D eigenvalue weighted by Gasteiger charge is 2.20. The third-order valence-corrected chi connectivity index (χ3v) is 7.69. The van der Waals surface area contributed by atoms with Gasteiger partial charge in [0.15, 0.2) is 17.3 Å². The lowest BCUT2D eigenvalue weighted by molar-refractivity contribution is 0.102. The third-order valence-electron chi connectivity index (χ3n) is 7.69. The van der Waals surface area contributed by atoms with Gasteiger partial charge in [0.1, 0.15) is 0 Å². The molecule has 2 aliphatic heterocycles. The van der Waals surface area contributed by atoms with Crippen LogP contribution in [0.2, 0.25) is 0 Å². The molecule has 2 aliphatic rings. The number of hydrogen-bond donors (Lipinski definition) is 2. The Balaban J connectivity index is 1.25. The quantitative estimate of drug-likeness (QED) is 0.319. The smallest absolute Gasteiger partial charge is 0.276 e. The molecule has 2 aromatic carbocycles. The van der Waals surface area contributed by atoms with Gasteiger partial charge in [-0.25, -0.2) is 8.78 Å². The summed E-state index contributed by atoms with van der Waals surface area (Å²) in [6.45, 7) is 5.38. The Morgan fingerprint density at radius 1 is 0.897 bits per heavy atom. The number of H-pyrrole nitrogens is 1. The Morgan fingerprint density at radius 2 is 1.64 bits per heavy atom. The molecule has 7 nitrogen and oxygen atoms in total. The number of carbonyl (C=O) groups excluding carboxylic acids is 1. The van der Waals surface area contributed by atoms with Crippen LogP contribution in [0.1, 0.15) is 53.8 Å². The van der Waals surface area contributed by atoms with E-state index in [0.717, 1.165) is 56.8 Å². The fraction of sp³-hybridized carbons (Fsp3) is 0.367. The van der Waals surface area contributed by atoms with Crippen LogP contribution in [0, 0.1) is 11.6 Å². The molecule has 0 bridgehead atoms. The van der Waals surface area contributed by atoms with Crippen molar-refractivity contribution in [1.29, 1.82) is 0 Å². The lowest BCUT2D eigenvalue weighted by Crippen LogP contribution is -2.29. The number of likely N-dealkylation sites (tertiary alicyclic amines) is 2. The standard InChI is InChI=1S/C30H32F2N6O/c31-26-15-20(18-37-10-2-1-3-11-37)14-24(28(26)32)21-6-7-27-25(16-21)29(36-35-27)30(39)34-22-8-9-33-23(17-22)19-38-12-4-5-13-38/h6-9,14-17H,1-5,10-13,18-19H2,(H,35,36)(H,33,34,39). The third kappa shape index (κ3) is 5.69. The maximum Gasteiger partial charge on any atom is 0.276 e. The number of anilines is 1. The Kier molecular flexibility index (Phi) is 7.34. The van der Waals surface area contributed by atoms with Crippen LogP contribution in [0.5, 0.6) is 0 Å². The number of carbonyl (C=O) groups is 1. The number of aromatic amines is 1. The molecule has 4 aromatic rings. The van der Waals surface area contributed by atoms with Crippen LogP contribution in [-0.2, 0) is 13.1 Å². The summed E-state index contributed by atoms with van der Waals surface area (Å²) in [7, 11) is 0. The molecule has 2 saturated heterocycles. The van der Waals surface area contributed by atoms with Gasteiger partial charge in [0, 0.05) is 35.9 Å². The first-order chi connectivity index (χ1) is 19.0. The second kappa shape index (κ2) is 11.2. The van der Waals surface area contributed by atoms with Crippen molar-refractivity contribution in [3.05, 3.63) is 77.2 Å². The predicted octanol–water partition coefficient (Wildman–Crippen LogP) is 5.74. The number of rotatable bonds is 7. The average Bonchev–Trinajstić information content (AvgIpc) is 3.61. The van der Waals surface area contributed by atoms with E-state index in [0.29, 0.717) is 28.7 Å². The van der Waals surface area contributed by atoms with E-state index in [4.69, 9.17) is 0 Å². The van der Waals surface area contributed by atoms with Gasteiger partial charge in [-0.05, 0) is 99.4 Å². The van der Waals surface area contributed by atoms with Crippen LogP contribution in [0.4, 0.5) is 14.5 Å². The summed E-state index contributed by atoms with van der Waals surface area (Å²) in [5.74, 6) is -2.15. The predicted molar refractivity (Wildman–Crippen MR) is 147 cm³/mol. The van der Waals surface area contributed by atoms with E-state index in [1.165, 1.54) is 25.3 Å². The van der Waals surface area contributed by atoms with Crippen LogP contribution >= 0.6 is 0 Å². The minimum absolute atomic E-state index is 0.178. The number of pyridine rings is 1. The zero-order valence-electron chi connectivity index (χ0n) is 21.9. The van der Waals surface area contributed by atoms with Crippen LogP contribution in [0.15, 0.2) is 48.7 Å². The minimum atomic E-state index is -0.895. The van der Waals surface area contributed by atoms with Crippen molar-refractivity contribution in [2.75, 3.05) is 31.5 Å². The van der Waals surface area contributed by atoms with Gasteiger partial charge in [0.05, 0.1) is 11.2 Å². The summed E-state index contributed by atoms with van der Waals surface area (Å²) >= 11 is 0. The van der Waals surface area contributed by atoms with Crippen molar-refractivity contribution in [2.45, 2.75) is 45.2 Å². The highest BCUT2D eigenvalue weighted by molar-refractivity contribution is 6.11. The van der Waals surface area contributed by atoms with E-state index in [9.17, 15) is 9.18 Å². The number of piperidine rings is 1. The fourth-order valence-corrected chi connectivity index (χ4v) is 5.68. The van der Waals surface area contributed by atoms with E-state index in [-0.39, 0.29) is 17.2 Å². The van der Waals surface area contributed by atoms with E-state index in [1.54, 1.807) is 36.5 Å². The molecule has 0 aliphatic carbocycles. The second-order valence-corrected chi connectivity index (χ2v) is 10.6. The van der Waals surface area contributed by atoms with Crippen LogP contribution in [0.25, 0.3) is 22.0 Å². The van der Waals surface area contributed by atoms with E-state index in [2.05, 4.69) is 30.3 Å². The SMILES string of the molecule is O=C(Nc1ccnc(CN2CCCC2)c1)c1n[nH]c2ccc(-c3cc(CN4CCCCC4)cc(F)c3F)cc12. The highest BCUT2D eigenvalue weighted by atomic mass is 19.2. The summed E-state index contributed by atoms with van der Waals surface area (Å²) in [5.41, 5.74) is 3.76. The molecule has 202 valence electrons. The number of nitrogens with zero attached hydrogens (tertiary/aromatic N) is 4. The molecule has 39 heavy (non-hydrogen) atoms. The summed E-state index contributed by atoms with van der Waals surface area (Å²) < 4.78 is 29.7. The average molecular weight is 531 g/mol. The Morgan fingerprint density at radius 3 is 2.44 bits per heavy atom. The Hall–Kier alpha value is -3.69. The van der Waals surface area contributed by atoms with Crippen LogP contribution in [0.3, 0.4) is 0 Å². The molecule has 2 aromatic heterocycles. The first kappa shape index (κ1) is 25.6. The van der Waals surface area contributed by atoms with E-state index < -0.39 is 11.6 Å². The number of hydrogen-bond acceptors (Lipinski definition) is 5. The number of halogens is 2. The van der Waals surface area contributed by atoms with Gasteiger partial charge >= 0.3 is 0 Å². The molecule has 2 N–H and O–H groups in total. The van der Waals surface area contributed by atoms with Crippen LogP contribution in [-0.4, -0.2) is 57.1 Å². The van der Waals surface area contributed by atoms with Crippen molar-refractivity contribution >= 4 is 22.5 Å². The number of nitrogens with one attached hydrogen (secondary N) is 2. The molecule has 1 amide bonds. The molecular weight excluding hydrogens is 498 g/mol. The van der Waals surface area contributed by atoms with Gasteiger partial charge < -0.3 is 5.32 Å². The first-order valence-electron chi connectivity index (χ1n) is 13.7. The van der Waals surface area contributed by atoms with Gasteiger partial charge in [-0.15, -0.1) is 0 Å². The lowest BCUT2D eigenvalue weighted by Gasteiger charge is -2.26. The van der Waals surface area contributed by atoms with Gasteiger partial charge in [0.25, 0.3) is 5.91 Å². The van der Waals surface area contributed by atoms with Gasteiger partial charge in [-0.3, -0.25) is 24.7 Å². The molecule has 0 atom stereocenters. The first-order valence-corrected chi connectivity index (χ1v) is 13.7. The van der Waals surface area contributed by atoms with E-state index in [1.807, 2.05) is 6.07 Å². The maximum absolute atomic E-state index is 15.0. The Labute approximate surface area is 226 Å². The number of fused-ring (bicyclic) bond motifs is 1. The zero-order valence-corrected chi connectivity index (χ0v) is 21.9. The molecule has 6 rings (SSSR count). The number of aromatic nitrogens is 3. The molecule has 0 spiro atoms. The fourth-order valence-electron chi connectivity index (χ4n) is 5.68. The molecule has 0 radical (unpaired) electrons. The summed E-state index contributed by atoms with van der Waals surface area (Å²) in [4.78, 5) is 22.3. The van der Waals surface area contributed by atoms with Crippen molar-refractivity contribution in [3.8, 4) is 11.1 Å². The number of benzene rings is 2. The minimum Gasteiger partial charge on any atom is -0.320 e. The second-order valence-electron chi connectivity index (χ2n) is 10.6. The van der Waals surface area contributed by atoms with Crippen molar-refractivity contribution < 1.29 is 13.6 Å². The van der Waals surface area contributed by atoms with Gasteiger partial charge in [-0.2, -0.15) is 5.10 Å².